The molecule has 0 aliphatic carbocycles. The number of hydrogen-bond acceptors (Lipinski definition) is 4. The smallest absolute Gasteiger partial charge is 0.237 e. The summed E-state index contributed by atoms with van der Waals surface area (Å²) in [4.78, 5) is 4.44. The number of aliphatic hydroxyl groups is 1. The molecule has 0 spiro atoms. The van der Waals surface area contributed by atoms with Gasteiger partial charge in [-0.15, -0.1) is 0 Å². The molecule has 0 saturated heterocycles. The van der Waals surface area contributed by atoms with Crippen LogP contribution in [0.3, 0.4) is 0 Å². The molecule has 2 aromatic carbocycles. The maximum absolute atomic E-state index is 13.5. The van der Waals surface area contributed by atoms with E-state index in [9.17, 15) is 13.9 Å². The first-order chi connectivity index (χ1) is 11.1. The average molecular weight is 331 g/mol. The summed E-state index contributed by atoms with van der Waals surface area (Å²) in [6.07, 6.45) is 0. The number of fused-ring (bicyclic) bond motifs is 3. The number of nitrogens with zero attached hydrogens (tertiary/aromatic N) is 4. The monoisotopic (exact) mass is 331 g/mol. The van der Waals surface area contributed by atoms with Crippen molar-refractivity contribution in [2.45, 2.75) is 6.92 Å². The van der Waals surface area contributed by atoms with Gasteiger partial charge in [-0.25, -0.2) is 23.8 Å². The van der Waals surface area contributed by atoms with E-state index in [2.05, 4.69) is 10.5 Å². The van der Waals surface area contributed by atoms with Gasteiger partial charge in [0.15, 0.2) is 11.6 Å². The van der Waals surface area contributed by atoms with Gasteiger partial charge in [0.05, 0.1) is 22.8 Å². The van der Waals surface area contributed by atoms with E-state index in [4.69, 9.17) is 0 Å². The van der Waals surface area contributed by atoms with Gasteiger partial charge >= 0.3 is 0 Å². The summed E-state index contributed by atoms with van der Waals surface area (Å²) < 4.78 is 26.6. The molecule has 0 saturated carbocycles. The second kappa shape index (κ2) is 5.59. The van der Waals surface area contributed by atoms with Crippen LogP contribution in [-0.2, 0) is 0 Å². The van der Waals surface area contributed by atoms with E-state index in [1.807, 2.05) is 24.3 Å². The van der Waals surface area contributed by atoms with E-state index in [0.717, 1.165) is 22.8 Å². The fraction of sp³-hybridized carbons (Fsp3) is 0.0625. The lowest BCUT2D eigenvalue weighted by molar-refractivity contribution is 0.387. The Labute approximate surface area is 136 Å². The lowest BCUT2D eigenvalue weighted by Gasteiger charge is -2.25. The van der Waals surface area contributed by atoms with Crippen LogP contribution in [0, 0.1) is 11.6 Å². The Morgan fingerprint density at radius 3 is 2.50 bits per heavy atom. The van der Waals surface area contributed by atoms with Gasteiger partial charge in [-0.1, -0.05) is 12.1 Å². The zero-order valence-corrected chi connectivity index (χ0v) is 12.5. The minimum Gasteiger partial charge on any atom is -0.492 e. The molecule has 2 aromatic rings. The second-order valence-electron chi connectivity index (χ2n) is 5.17. The quantitative estimate of drug-likeness (QED) is 0.872. The molecule has 24 heavy (non-hydrogen) atoms. The summed E-state index contributed by atoms with van der Waals surface area (Å²) in [5, 5.41) is 13.2. The van der Waals surface area contributed by atoms with Crippen LogP contribution in [0.5, 0.6) is 0 Å². The number of benzene rings is 2. The highest BCUT2D eigenvalue weighted by molar-refractivity contribution is 6.07. The SMILES string of the molecule is CC1=Nc2ccccc2N2[N]N(c3ccc(F)c(F)c3)C(O)=C12.O. The average Bonchev–Trinajstić information content (AvgIpc) is 2.89. The third kappa shape index (κ3) is 2.20. The second-order valence-corrected chi connectivity index (χ2v) is 5.17. The summed E-state index contributed by atoms with van der Waals surface area (Å²) >= 11 is 0. The fourth-order valence-electron chi connectivity index (χ4n) is 2.62. The Morgan fingerprint density at radius 1 is 1.00 bits per heavy atom. The summed E-state index contributed by atoms with van der Waals surface area (Å²) in [6, 6.07) is 10.7. The molecule has 0 fully saturated rings. The highest BCUT2D eigenvalue weighted by atomic mass is 19.2. The third-order valence-corrected chi connectivity index (χ3v) is 3.69. The van der Waals surface area contributed by atoms with Crippen LogP contribution in [0.25, 0.3) is 0 Å². The molecule has 1 radical (unpaired) electrons. The normalized spacial score (nSPS) is 15.7. The predicted molar refractivity (Wildman–Crippen MR) is 85.9 cm³/mol. The predicted octanol–water partition coefficient (Wildman–Crippen LogP) is 2.73. The van der Waals surface area contributed by atoms with Crippen LogP contribution in [0.1, 0.15) is 6.92 Å². The van der Waals surface area contributed by atoms with Gasteiger partial charge in [0, 0.05) is 6.07 Å². The number of para-hydroxylation sites is 2. The first kappa shape index (κ1) is 15.9. The summed E-state index contributed by atoms with van der Waals surface area (Å²) in [7, 11) is 0. The third-order valence-electron chi connectivity index (χ3n) is 3.69. The van der Waals surface area contributed by atoms with Crippen molar-refractivity contribution in [2.75, 3.05) is 10.0 Å². The molecular formula is C16H13F2N4O2. The minimum atomic E-state index is -1.01. The number of hydrogen-bond donors (Lipinski definition) is 1. The van der Waals surface area contributed by atoms with Crippen LogP contribution >= 0.6 is 0 Å². The van der Waals surface area contributed by atoms with Crippen LogP contribution in [0.4, 0.5) is 25.8 Å². The van der Waals surface area contributed by atoms with E-state index in [1.54, 1.807) is 6.92 Å². The molecule has 2 heterocycles. The Bertz CT molecular complexity index is 882. The fourth-order valence-corrected chi connectivity index (χ4v) is 2.62. The largest absolute Gasteiger partial charge is 0.492 e. The Balaban J connectivity index is 0.00000169. The topological polar surface area (TPSA) is 84.7 Å². The number of allylic oxidation sites excluding steroid dienone is 1. The first-order valence-electron chi connectivity index (χ1n) is 6.91. The molecule has 2 aliphatic heterocycles. The molecule has 6 nitrogen and oxygen atoms in total. The van der Waals surface area contributed by atoms with E-state index >= 15 is 0 Å². The van der Waals surface area contributed by atoms with Crippen LogP contribution in [0.2, 0.25) is 0 Å². The van der Waals surface area contributed by atoms with Gasteiger partial charge in [0.2, 0.25) is 5.88 Å². The van der Waals surface area contributed by atoms with Crippen molar-refractivity contribution in [1.29, 1.82) is 0 Å². The van der Waals surface area contributed by atoms with Crippen LogP contribution in [-0.4, -0.2) is 16.3 Å². The van der Waals surface area contributed by atoms with Gasteiger partial charge in [0.25, 0.3) is 0 Å². The lowest BCUT2D eigenvalue weighted by atomic mass is 10.1. The number of aliphatic hydroxyl groups excluding tert-OH is 1. The van der Waals surface area contributed by atoms with Gasteiger partial charge in [-0.2, -0.15) is 0 Å². The zero-order chi connectivity index (χ0) is 16.1. The molecule has 3 N–H and O–H groups in total. The van der Waals surface area contributed by atoms with Gasteiger partial charge in [0.1, 0.15) is 5.70 Å². The van der Waals surface area contributed by atoms with Crippen LogP contribution < -0.4 is 15.6 Å². The molecule has 0 aromatic heterocycles. The minimum absolute atomic E-state index is 0. The molecule has 4 rings (SSSR count). The van der Waals surface area contributed by atoms with E-state index in [1.165, 1.54) is 11.1 Å². The number of halogens is 2. The number of aliphatic imine (C=N–C) groups is 1. The number of rotatable bonds is 1. The van der Waals surface area contributed by atoms with Gasteiger partial charge in [-0.05, 0) is 36.7 Å². The Hall–Kier alpha value is -2.97. The first-order valence-corrected chi connectivity index (χ1v) is 6.91. The van der Waals surface area contributed by atoms with Crippen molar-refractivity contribution < 1.29 is 19.4 Å². The molecule has 0 amide bonds. The lowest BCUT2D eigenvalue weighted by Crippen LogP contribution is -2.36. The highest BCUT2D eigenvalue weighted by Crippen LogP contribution is 2.40. The molecule has 123 valence electrons. The number of anilines is 2. The van der Waals surface area contributed by atoms with Crippen molar-refractivity contribution >= 4 is 22.8 Å². The highest BCUT2D eigenvalue weighted by Gasteiger charge is 2.38. The van der Waals surface area contributed by atoms with Crippen molar-refractivity contribution in [3.05, 3.63) is 65.7 Å². The summed E-state index contributed by atoms with van der Waals surface area (Å²) in [5.74, 6) is -2.15. The Morgan fingerprint density at radius 2 is 1.75 bits per heavy atom. The molecule has 0 bridgehead atoms. The van der Waals surface area contributed by atoms with Crippen molar-refractivity contribution in [3.8, 4) is 0 Å². The molecule has 0 atom stereocenters. The molecule has 2 aliphatic rings. The maximum Gasteiger partial charge on any atom is 0.237 e. The van der Waals surface area contributed by atoms with Crippen molar-refractivity contribution in [1.82, 2.24) is 5.53 Å². The van der Waals surface area contributed by atoms with Crippen molar-refractivity contribution in [2.24, 2.45) is 4.99 Å². The Kier molecular flexibility index (Phi) is 3.70. The molecule has 8 heteroatoms. The van der Waals surface area contributed by atoms with Crippen molar-refractivity contribution in [3.63, 3.8) is 0 Å². The summed E-state index contributed by atoms with van der Waals surface area (Å²) in [5.41, 5.74) is 6.92. The molecule has 0 unspecified atom stereocenters. The van der Waals surface area contributed by atoms with E-state index in [0.29, 0.717) is 17.1 Å². The molecular weight excluding hydrogens is 318 g/mol. The zero-order valence-electron chi connectivity index (χ0n) is 12.5. The van der Waals surface area contributed by atoms with E-state index in [-0.39, 0.29) is 17.0 Å². The maximum atomic E-state index is 13.5. The van der Waals surface area contributed by atoms with Gasteiger partial charge in [-0.3, -0.25) is 0 Å². The van der Waals surface area contributed by atoms with E-state index < -0.39 is 11.6 Å². The van der Waals surface area contributed by atoms with Crippen LogP contribution in [0.15, 0.2) is 59.0 Å². The summed E-state index contributed by atoms with van der Waals surface area (Å²) in [6.45, 7) is 1.75. The standard InChI is InChI=1S/C16H11F2N4O.H2O/c1-9-15-16(23)21(10-6-7-11(17)12(18)8-10)20-22(15)14-5-3-2-4-13(14)19-9;/h2-8,23H,1H3;1H2. The van der Waals surface area contributed by atoms with Gasteiger partial charge < -0.3 is 10.6 Å².